The lowest BCUT2D eigenvalue weighted by molar-refractivity contribution is -0.142. The predicted octanol–water partition coefficient (Wildman–Crippen LogP) is -2.94. The van der Waals surface area contributed by atoms with E-state index in [4.69, 9.17) is 49.6 Å². The van der Waals surface area contributed by atoms with Crippen LogP contribution < -0.4 is 114 Å². The second kappa shape index (κ2) is 53.6. The summed E-state index contributed by atoms with van der Waals surface area (Å²) in [5.41, 5.74) is 40.0. The van der Waals surface area contributed by atoms with Crippen molar-refractivity contribution in [3.8, 4) is 5.75 Å². The van der Waals surface area contributed by atoms with Crippen LogP contribution in [0.2, 0.25) is 0 Å². The first kappa shape index (κ1) is 108. The van der Waals surface area contributed by atoms with Crippen LogP contribution in [0.4, 0.5) is 0 Å². The number of hydrogen-bond donors (Lipinski definition) is 23. The van der Waals surface area contributed by atoms with Gasteiger partial charge in [-0.1, -0.05) is 111 Å². The van der Waals surface area contributed by atoms with Gasteiger partial charge >= 0.3 is 5.97 Å². The molecule has 3 heterocycles. The molecular weight excluding hydrogens is 1800 g/mol. The van der Waals surface area contributed by atoms with Crippen molar-refractivity contribution in [1.29, 1.82) is 0 Å². The molecule has 0 spiro atoms. The number of carboxylic acid groups (broad SMARTS) is 1. The molecule has 9 rings (SSSR count). The van der Waals surface area contributed by atoms with Gasteiger partial charge < -0.3 is 134 Å². The Kier molecular flexibility index (Phi) is 42.1. The average molecular weight is 1930 g/mol. The van der Waals surface area contributed by atoms with Crippen LogP contribution in [0.5, 0.6) is 5.75 Å². The van der Waals surface area contributed by atoms with Crippen LogP contribution in [0.1, 0.15) is 171 Å². The third-order valence-electron chi connectivity index (χ3n) is 25.1. The van der Waals surface area contributed by atoms with E-state index in [9.17, 15) is 67.7 Å². The van der Waals surface area contributed by atoms with Crippen LogP contribution in [0.15, 0.2) is 97.2 Å². The number of carboxylic acids is 1. The number of aromatic amines is 1. The van der Waals surface area contributed by atoms with E-state index in [0.29, 0.717) is 64.2 Å². The third-order valence-corrected chi connectivity index (χ3v) is 26.2. The number of ether oxygens (including phenoxy) is 2. The fourth-order valence-electron chi connectivity index (χ4n) is 17.4. The van der Waals surface area contributed by atoms with Crippen LogP contribution in [0, 0.1) is 11.8 Å². The number of carbonyl (C=O) groups is 18. The number of aromatic nitrogens is 1. The summed E-state index contributed by atoms with van der Waals surface area (Å²) in [7, 11) is 0. The van der Waals surface area contributed by atoms with Gasteiger partial charge in [-0.15, -0.1) is 0 Å². The van der Waals surface area contributed by atoms with Crippen LogP contribution in [0.25, 0.3) is 21.7 Å². The fraction of sp³-hybridized carbons (Fsp3) is 0.548. The minimum atomic E-state index is -2.12. The number of benzene rings is 4. The zero-order chi connectivity index (χ0) is 99.4. The summed E-state index contributed by atoms with van der Waals surface area (Å²) in [5, 5.41) is 57.4. The monoisotopic (exact) mass is 1930 g/mol. The molecule has 137 heavy (non-hydrogen) atoms. The SMILES string of the molecule is CC(O)C1NC(=O)C(CCC(N)=O)NC(=O)C(N)CCSCC(C(=O)NC(Cc2ccc(OCCN)cc2)C(=O)NC(Cc2ccc3ccccc3c2)C(=O)NC2(C(=O)NC(CCC(=O)O)C(=O)NC(CC(N)=O)C(=O)NC(CC(N)=O)C(=O)NC(CCCCNC3CCCC(C4CCCC4)CC3)C(N)=O)CCOCC2)NC(=O)C(CCC(N)=O)NC(=O)C(Cc2c[nH]c3ccccc23)NC1=O. The number of amides is 17. The molecule has 17 amide bonds. The van der Waals surface area contributed by atoms with Crippen molar-refractivity contribution in [2.75, 3.05) is 44.4 Å². The number of para-hydroxylation sites is 1. The summed E-state index contributed by atoms with van der Waals surface area (Å²) in [4.78, 5) is 257. The minimum absolute atomic E-state index is 0.0645. The molecule has 2 aliphatic heterocycles. The van der Waals surface area contributed by atoms with E-state index in [1.165, 1.54) is 38.5 Å². The van der Waals surface area contributed by atoms with Crippen LogP contribution in [-0.4, -0.2) is 256 Å². The van der Waals surface area contributed by atoms with Gasteiger partial charge in [0, 0.05) is 100 Å². The topological polar surface area (TPSA) is 720 Å². The Morgan fingerprint density at radius 3 is 1.74 bits per heavy atom. The molecule has 0 radical (unpaired) electrons. The minimum Gasteiger partial charge on any atom is -0.492 e. The Labute approximate surface area is 796 Å². The first-order valence-electron chi connectivity index (χ1n) is 46.5. The number of aliphatic hydroxyl groups is 1. The van der Waals surface area contributed by atoms with Gasteiger partial charge in [-0.05, 0) is 141 Å². The van der Waals surface area contributed by atoms with Crippen molar-refractivity contribution in [3.05, 3.63) is 114 Å². The van der Waals surface area contributed by atoms with Gasteiger partial charge in [-0.2, -0.15) is 11.8 Å². The Balaban J connectivity index is 0.992. The number of primary amides is 5. The number of thioether (sulfide) groups is 1. The summed E-state index contributed by atoms with van der Waals surface area (Å²) in [6, 6.07) is 5.03. The number of aliphatic hydroxyl groups excluding tert-OH is 1. The number of nitrogens with one attached hydrogen (secondary N) is 14. The number of nitrogens with two attached hydrogens (primary N) is 7. The molecule has 2 saturated carbocycles. The Morgan fingerprint density at radius 1 is 0.547 bits per heavy atom. The number of hydrogen-bond acceptors (Lipinski definition) is 25. The molecule has 43 nitrogen and oxygen atoms in total. The van der Waals surface area contributed by atoms with Gasteiger partial charge in [0.15, 0.2) is 0 Å². The van der Waals surface area contributed by atoms with Crippen LogP contribution in [-0.2, 0) is 110 Å². The Hall–Kier alpha value is -12.9. The molecule has 4 aliphatic rings. The molecular formula is C93H131N21O22S. The number of aliphatic carboxylic acids is 1. The molecule has 2 aliphatic carbocycles. The normalized spacial score (nSPS) is 21.4. The first-order chi connectivity index (χ1) is 65.4. The summed E-state index contributed by atoms with van der Waals surface area (Å²) in [5.74, 6) is -18.6. The predicted molar refractivity (Wildman–Crippen MR) is 503 cm³/mol. The largest absolute Gasteiger partial charge is 0.492 e. The fourth-order valence-corrected chi connectivity index (χ4v) is 18.5. The molecule has 15 unspecified atom stereocenters. The molecule has 1 aromatic heterocycles. The smallest absolute Gasteiger partial charge is 0.303 e. The molecule has 746 valence electrons. The van der Waals surface area contributed by atoms with Gasteiger partial charge in [0.1, 0.15) is 84.4 Å². The molecule has 0 bridgehead atoms. The first-order valence-corrected chi connectivity index (χ1v) is 47.7. The van der Waals surface area contributed by atoms with E-state index in [-0.39, 0.29) is 70.6 Å². The highest BCUT2D eigenvalue weighted by Gasteiger charge is 2.46. The van der Waals surface area contributed by atoms with E-state index in [0.717, 1.165) is 55.2 Å². The van der Waals surface area contributed by atoms with E-state index in [1.54, 1.807) is 91.1 Å². The van der Waals surface area contributed by atoms with Crippen molar-refractivity contribution in [2.45, 2.75) is 264 Å². The maximum atomic E-state index is 15.8. The number of rotatable bonds is 45. The van der Waals surface area contributed by atoms with E-state index in [2.05, 4.69) is 74.1 Å². The highest BCUT2D eigenvalue weighted by molar-refractivity contribution is 7.99. The Morgan fingerprint density at radius 2 is 1.11 bits per heavy atom. The van der Waals surface area contributed by atoms with Gasteiger partial charge in [0.25, 0.3) is 0 Å². The number of H-pyrrole nitrogens is 1. The Bertz CT molecular complexity index is 5070. The zero-order valence-corrected chi connectivity index (χ0v) is 77.6. The van der Waals surface area contributed by atoms with Crippen LogP contribution >= 0.6 is 11.8 Å². The second-order valence-corrected chi connectivity index (χ2v) is 36.7. The quantitative estimate of drug-likeness (QED) is 0.0137. The molecule has 2 saturated heterocycles. The lowest BCUT2D eigenvalue weighted by Crippen LogP contribution is -2.67. The summed E-state index contributed by atoms with van der Waals surface area (Å²) < 4.78 is 11.4. The summed E-state index contributed by atoms with van der Waals surface area (Å²) in [6.45, 7) is 1.54. The molecule has 4 fully saturated rings. The lowest BCUT2D eigenvalue weighted by Gasteiger charge is -2.38. The van der Waals surface area contributed by atoms with Crippen molar-refractivity contribution in [1.82, 2.24) is 74.1 Å². The van der Waals surface area contributed by atoms with Crippen molar-refractivity contribution in [2.24, 2.45) is 52.0 Å². The average Bonchev–Trinajstić information content (AvgIpc) is 1.62. The second-order valence-electron chi connectivity index (χ2n) is 35.5. The molecule has 5 aromatic rings. The van der Waals surface area contributed by atoms with E-state index < -0.39 is 254 Å². The highest BCUT2D eigenvalue weighted by Crippen LogP contribution is 2.39. The third kappa shape index (κ3) is 34.1. The van der Waals surface area contributed by atoms with Gasteiger partial charge in [-0.3, -0.25) is 86.3 Å². The van der Waals surface area contributed by atoms with Crippen molar-refractivity contribution >= 4 is 140 Å². The summed E-state index contributed by atoms with van der Waals surface area (Å²) >= 11 is 0.947. The van der Waals surface area contributed by atoms with E-state index >= 15 is 28.8 Å². The van der Waals surface area contributed by atoms with Crippen molar-refractivity contribution in [3.63, 3.8) is 0 Å². The maximum Gasteiger partial charge on any atom is 0.303 e. The molecule has 44 heteroatoms. The summed E-state index contributed by atoms with van der Waals surface area (Å²) in [6.07, 6.45) is 4.30. The number of carbonyl (C=O) groups excluding carboxylic acids is 17. The van der Waals surface area contributed by atoms with Gasteiger partial charge in [-0.25, -0.2) is 0 Å². The van der Waals surface area contributed by atoms with Crippen molar-refractivity contribution < 1.29 is 106 Å². The molecule has 4 aromatic carbocycles. The maximum absolute atomic E-state index is 15.8. The number of fused-ring (bicyclic) bond motifs is 2. The highest BCUT2D eigenvalue weighted by atomic mass is 32.2. The van der Waals surface area contributed by atoms with Gasteiger partial charge in [0.05, 0.1) is 25.0 Å². The zero-order valence-electron chi connectivity index (χ0n) is 76.8. The standard InChI is InChI=1S/C93H131N21O22S/c1-51(115)79-91(133)110-70(46-58-49-102-63-18-7-6-17-61(58)63)86(128)105-65(28-31-74(96)116)82(124)111-73(50-137-42-34-62(95)81(123)104-66(84(126)113-79)29-32-75(97)117)89(131)106-68(44-52-21-26-60(27-22-52)136-41-37-94)85(127)107-69(45-53-20-23-56-13-4-5-14-57(56)43-53)90(132)114-93(35-39-135-40-36-93)92(134)112-67(30-33-78(120)121)83(125)108-72(48-77(99)119)88(130)109-71(47-76(98)118)87(129)103-64(80(100)122)19-8-9-38-101-59-16-10-15-55(24-25-59)54-11-2-3-12-54/h4-7,13-14,17-18,20-23,26-27,43,49,51,54-55,59,62,64-73,79,101-102,115H,2-3,8-12,15-16,19,24-25,28-42,44-48,50,94-95H2,1H3,(H2,96,116)(H2,97,117)(H2,98,118)(H2,99,119)(H2,100,122)(H,103,129)(H,104,123)(H,105,128)(H,106,131)(H,107,127)(H,108,125)(H,109,130)(H,110,133)(H,111,124)(H,112,134)(H,113,126)(H,114,132)(H,120,121). The van der Waals surface area contributed by atoms with E-state index in [1.807, 2.05) is 6.07 Å². The number of unbranched alkanes of at least 4 members (excludes halogenated alkanes) is 1. The molecule has 30 N–H and O–H groups in total. The lowest BCUT2D eigenvalue weighted by atomic mass is 9.85. The molecule has 15 atom stereocenters. The van der Waals surface area contributed by atoms with Crippen LogP contribution in [0.3, 0.4) is 0 Å². The van der Waals surface area contributed by atoms with Gasteiger partial charge in [0.2, 0.25) is 100 Å².